The Morgan fingerprint density at radius 3 is 2.56 bits per heavy atom. The van der Waals surface area contributed by atoms with Gasteiger partial charge in [0.15, 0.2) is 0 Å². The fourth-order valence-corrected chi connectivity index (χ4v) is 4.51. The lowest BCUT2D eigenvalue weighted by molar-refractivity contribution is -0.137. The maximum absolute atomic E-state index is 13.1. The number of allylic oxidation sites excluding steroid dienone is 1. The molecule has 0 aromatic heterocycles. The summed E-state index contributed by atoms with van der Waals surface area (Å²) in [4.78, 5) is 38.7. The average Bonchev–Trinajstić information content (AvgIpc) is 3.05. The van der Waals surface area contributed by atoms with Gasteiger partial charge in [-0.25, -0.2) is 9.59 Å². The number of nitrogens with zero attached hydrogens (tertiary/aromatic N) is 1. The van der Waals surface area contributed by atoms with Crippen LogP contribution in [0.5, 0.6) is 0 Å². The van der Waals surface area contributed by atoms with Crippen LogP contribution in [0.4, 0.5) is 4.79 Å². The zero-order valence-electron chi connectivity index (χ0n) is 15.3. The molecule has 7 heteroatoms. The van der Waals surface area contributed by atoms with Crippen molar-refractivity contribution in [3.63, 3.8) is 0 Å². The average molecular weight is 350 g/mol. The van der Waals surface area contributed by atoms with Crippen molar-refractivity contribution >= 4 is 17.9 Å². The van der Waals surface area contributed by atoms with Gasteiger partial charge in [0, 0.05) is 6.42 Å². The summed E-state index contributed by atoms with van der Waals surface area (Å²) in [5, 5.41) is 2.98. The molecule has 0 aromatic carbocycles. The van der Waals surface area contributed by atoms with E-state index in [0.29, 0.717) is 17.8 Å². The van der Waals surface area contributed by atoms with E-state index < -0.39 is 17.6 Å². The number of methoxy groups -OCH3 is 1. The Kier molecular flexibility index (Phi) is 4.51. The molecule has 25 heavy (non-hydrogen) atoms. The first-order valence-corrected chi connectivity index (χ1v) is 8.90. The van der Waals surface area contributed by atoms with Crippen molar-refractivity contribution in [2.24, 2.45) is 11.8 Å². The van der Waals surface area contributed by atoms with E-state index in [1.807, 2.05) is 13.8 Å². The molecule has 1 unspecified atom stereocenters. The summed E-state index contributed by atoms with van der Waals surface area (Å²) >= 11 is 0. The van der Waals surface area contributed by atoms with Gasteiger partial charge in [-0.2, -0.15) is 0 Å². The third-order valence-corrected chi connectivity index (χ3v) is 6.01. The van der Waals surface area contributed by atoms with Gasteiger partial charge in [-0.3, -0.25) is 9.69 Å². The lowest BCUT2D eigenvalue weighted by Crippen LogP contribution is -2.59. The van der Waals surface area contributed by atoms with E-state index in [4.69, 9.17) is 9.47 Å². The number of imide groups is 1. The normalized spacial score (nSPS) is 35.2. The van der Waals surface area contributed by atoms with E-state index in [1.54, 1.807) is 6.92 Å². The van der Waals surface area contributed by atoms with Crippen molar-refractivity contribution in [2.45, 2.75) is 58.1 Å². The van der Waals surface area contributed by atoms with Crippen LogP contribution in [0.25, 0.3) is 0 Å². The molecule has 3 aliphatic rings. The predicted molar refractivity (Wildman–Crippen MR) is 89.4 cm³/mol. The molecular formula is C18H26N2O5. The van der Waals surface area contributed by atoms with E-state index in [0.717, 1.165) is 19.3 Å². The van der Waals surface area contributed by atoms with Crippen LogP contribution in [0.1, 0.15) is 46.5 Å². The molecule has 0 aromatic rings. The van der Waals surface area contributed by atoms with Crippen molar-refractivity contribution in [1.82, 2.24) is 10.2 Å². The number of urea groups is 1. The number of esters is 1. The smallest absolute Gasteiger partial charge is 0.337 e. The minimum absolute atomic E-state index is 0.104. The predicted octanol–water partition coefficient (Wildman–Crippen LogP) is 1.97. The Hall–Kier alpha value is -2.05. The summed E-state index contributed by atoms with van der Waals surface area (Å²) in [6, 6.07) is -0.363. The molecule has 1 saturated heterocycles. The van der Waals surface area contributed by atoms with Crippen LogP contribution in [0.2, 0.25) is 0 Å². The summed E-state index contributed by atoms with van der Waals surface area (Å²) in [5.74, 6) is 0.117. The zero-order chi connectivity index (χ0) is 18.4. The van der Waals surface area contributed by atoms with Gasteiger partial charge in [-0.05, 0) is 31.6 Å². The fraction of sp³-hybridized carbons (Fsp3) is 0.722. The molecule has 1 aliphatic carbocycles. The molecule has 1 spiro atoms. The monoisotopic (exact) mass is 350 g/mol. The molecule has 0 radical (unpaired) electrons. The molecule has 2 heterocycles. The number of amides is 3. The van der Waals surface area contributed by atoms with E-state index >= 15 is 0 Å². The fourth-order valence-electron chi connectivity index (χ4n) is 4.51. The van der Waals surface area contributed by atoms with Gasteiger partial charge in [-0.15, -0.1) is 0 Å². The highest BCUT2D eigenvalue weighted by Gasteiger charge is 2.58. The van der Waals surface area contributed by atoms with Crippen LogP contribution in [-0.4, -0.2) is 48.1 Å². The largest absolute Gasteiger partial charge is 0.492 e. The first-order valence-electron chi connectivity index (χ1n) is 8.90. The van der Waals surface area contributed by atoms with Gasteiger partial charge < -0.3 is 14.8 Å². The molecule has 7 nitrogen and oxygen atoms in total. The van der Waals surface area contributed by atoms with Crippen LogP contribution in [0.15, 0.2) is 11.3 Å². The highest BCUT2D eigenvalue weighted by molar-refractivity contribution is 6.07. The molecule has 2 aliphatic heterocycles. The second kappa shape index (κ2) is 6.35. The summed E-state index contributed by atoms with van der Waals surface area (Å²) in [6.45, 7) is 5.91. The van der Waals surface area contributed by atoms with E-state index in [-0.39, 0.29) is 30.3 Å². The van der Waals surface area contributed by atoms with Gasteiger partial charge in [0.05, 0.1) is 19.2 Å². The quantitative estimate of drug-likeness (QED) is 0.621. The number of carbonyl (C=O) groups is 3. The summed E-state index contributed by atoms with van der Waals surface area (Å²) in [5.41, 5.74) is -0.338. The molecular weight excluding hydrogens is 324 g/mol. The number of rotatable bonds is 3. The van der Waals surface area contributed by atoms with Crippen LogP contribution in [-0.2, 0) is 19.1 Å². The van der Waals surface area contributed by atoms with Crippen molar-refractivity contribution in [2.75, 3.05) is 13.7 Å². The molecule has 4 atom stereocenters. The highest BCUT2D eigenvalue weighted by atomic mass is 16.5. The third-order valence-electron chi connectivity index (χ3n) is 6.01. The van der Waals surface area contributed by atoms with Crippen molar-refractivity contribution in [3.8, 4) is 0 Å². The zero-order valence-corrected chi connectivity index (χ0v) is 15.3. The molecule has 138 valence electrons. The van der Waals surface area contributed by atoms with E-state index in [9.17, 15) is 14.4 Å². The minimum atomic E-state index is -0.804. The molecule has 3 rings (SSSR count). The van der Waals surface area contributed by atoms with E-state index in [2.05, 4.69) is 5.32 Å². The number of ether oxygens (including phenoxy) is 2. The van der Waals surface area contributed by atoms with Crippen molar-refractivity contribution < 1.29 is 23.9 Å². The number of nitrogens with one attached hydrogen (secondary N) is 1. The van der Waals surface area contributed by atoms with Gasteiger partial charge in [0.2, 0.25) is 0 Å². The van der Waals surface area contributed by atoms with Gasteiger partial charge in [0.1, 0.15) is 17.4 Å². The van der Waals surface area contributed by atoms with Crippen LogP contribution < -0.4 is 5.32 Å². The summed E-state index contributed by atoms with van der Waals surface area (Å²) < 4.78 is 10.4. The second-order valence-electron chi connectivity index (χ2n) is 7.42. The maximum Gasteiger partial charge on any atom is 0.337 e. The van der Waals surface area contributed by atoms with Gasteiger partial charge in [0.25, 0.3) is 5.91 Å². The van der Waals surface area contributed by atoms with Crippen molar-refractivity contribution in [1.29, 1.82) is 0 Å². The Morgan fingerprint density at radius 2 is 1.96 bits per heavy atom. The van der Waals surface area contributed by atoms with Crippen LogP contribution in [0, 0.1) is 11.8 Å². The third kappa shape index (κ3) is 2.69. The Balaban J connectivity index is 1.74. The topological polar surface area (TPSA) is 84.9 Å². The first kappa shape index (κ1) is 17.8. The highest BCUT2D eigenvalue weighted by Crippen LogP contribution is 2.42. The Morgan fingerprint density at radius 1 is 1.32 bits per heavy atom. The van der Waals surface area contributed by atoms with Gasteiger partial charge in [-0.1, -0.05) is 20.3 Å². The maximum atomic E-state index is 13.1. The summed E-state index contributed by atoms with van der Waals surface area (Å²) in [7, 11) is 1.32. The van der Waals surface area contributed by atoms with Gasteiger partial charge >= 0.3 is 12.0 Å². The van der Waals surface area contributed by atoms with Crippen LogP contribution >= 0.6 is 0 Å². The number of hydrogen-bond acceptors (Lipinski definition) is 5. The number of hydrogen-bond donors (Lipinski definition) is 1. The standard InChI is InChI=1S/C18H26N2O5/c1-10-6-5-7-11(2)18(10)16(22)20(17(23)19-18)9-13-8-14(12(3)25-13)15(21)24-4/h10-11,13H,5-9H2,1-4H3,(H,19,23)/t10-,11+,13-,18?/m1/s1. The first-order chi connectivity index (χ1) is 11.8. The lowest BCUT2D eigenvalue weighted by atomic mass is 9.67. The Labute approximate surface area is 147 Å². The Bertz CT molecular complexity index is 631. The molecule has 1 saturated carbocycles. The molecule has 3 amide bonds. The van der Waals surface area contributed by atoms with Crippen LogP contribution in [0.3, 0.4) is 0 Å². The number of carbonyl (C=O) groups excluding carboxylic acids is 3. The summed E-state index contributed by atoms with van der Waals surface area (Å²) in [6.07, 6.45) is 2.86. The molecule has 2 fully saturated rings. The SMILES string of the molecule is COC(=O)C1=C(C)O[C@@H](CN2C(=O)NC3(C2=O)[C@H](C)CCC[C@@H]3C)C1. The second-order valence-corrected chi connectivity index (χ2v) is 7.42. The van der Waals surface area contributed by atoms with E-state index in [1.165, 1.54) is 12.0 Å². The molecule has 1 N–H and O–H groups in total. The minimum Gasteiger partial charge on any atom is -0.492 e. The van der Waals surface area contributed by atoms with Crippen molar-refractivity contribution in [3.05, 3.63) is 11.3 Å². The molecule has 0 bridgehead atoms. The lowest BCUT2D eigenvalue weighted by Gasteiger charge is -2.42.